The molecule has 2 unspecified atom stereocenters. The van der Waals surface area contributed by atoms with Crippen LogP contribution in [0.4, 0.5) is 0 Å². The first kappa shape index (κ1) is 16.4. The molecule has 0 aromatic carbocycles. The molecule has 0 saturated heterocycles. The zero-order valence-corrected chi connectivity index (χ0v) is 11.2. The van der Waals surface area contributed by atoms with Gasteiger partial charge in [0.05, 0.1) is 0 Å². The quantitative estimate of drug-likeness (QED) is 0.591. The molecule has 2 atom stereocenters. The summed E-state index contributed by atoms with van der Waals surface area (Å²) in [6, 6.07) is -0.892. The maximum Gasteiger partial charge on any atom is 0.326 e. The van der Waals surface area contributed by atoms with E-state index in [9.17, 15) is 14.4 Å². The summed E-state index contributed by atoms with van der Waals surface area (Å²) in [4.78, 5) is 33.7. The highest BCUT2D eigenvalue weighted by molar-refractivity contribution is 5.87. The predicted molar refractivity (Wildman–Crippen MR) is 66.9 cm³/mol. The third-order valence-electron chi connectivity index (χ3n) is 2.75. The fraction of sp³-hybridized carbons (Fsp3) is 0.750. The second kappa shape index (κ2) is 8.49. The van der Waals surface area contributed by atoms with Crippen LogP contribution in [0.2, 0.25) is 0 Å². The Balaban J connectivity index is 4.19. The molecule has 18 heavy (non-hydrogen) atoms. The number of carboxylic acids is 1. The van der Waals surface area contributed by atoms with Crippen LogP contribution in [0.5, 0.6) is 0 Å². The Hall–Kier alpha value is -1.59. The summed E-state index contributed by atoms with van der Waals surface area (Å²) < 4.78 is 0. The van der Waals surface area contributed by atoms with Gasteiger partial charge in [0.2, 0.25) is 11.8 Å². The lowest BCUT2D eigenvalue weighted by Gasteiger charge is -2.20. The smallest absolute Gasteiger partial charge is 0.326 e. The molecule has 6 heteroatoms. The van der Waals surface area contributed by atoms with Crippen molar-refractivity contribution in [3.05, 3.63) is 0 Å². The molecule has 0 fully saturated rings. The van der Waals surface area contributed by atoms with E-state index in [2.05, 4.69) is 10.6 Å². The minimum atomic E-state index is -1.05. The van der Waals surface area contributed by atoms with Gasteiger partial charge in [-0.05, 0) is 12.8 Å². The number of carbonyl (C=O) groups is 3. The molecule has 6 nitrogen and oxygen atoms in total. The van der Waals surface area contributed by atoms with Crippen LogP contribution in [-0.4, -0.2) is 35.5 Å². The summed E-state index contributed by atoms with van der Waals surface area (Å²) in [7, 11) is 0. The van der Waals surface area contributed by atoms with E-state index in [0.717, 1.165) is 0 Å². The van der Waals surface area contributed by atoms with Crippen molar-refractivity contribution in [2.45, 2.75) is 46.1 Å². The molecule has 0 bridgehead atoms. The molecule has 0 rings (SSSR count). The molecule has 0 saturated carbocycles. The first-order chi connectivity index (χ1) is 8.42. The second-order valence-corrected chi connectivity index (χ2v) is 4.22. The molecule has 2 amide bonds. The second-order valence-electron chi connectivity index (χ2n) is 4.22. The fourth-order valence-corrected chi connectivity index (χ4v) is 1.44. The van der Waals surface area contributed by atoms with Gasteiger partial charge in [-0.15, -0.1) is 0 Å². The van der Waals surface area contributed by atoms with Crippen molar-refractivity contribution >= 4 is 17.8 Å². The number of aliphatic carboxylic acids is 1. The van der Waals surface area contributed by atoms with Crippen molar-refractivity contribution in [2.24, 2.45) is 5.92 Å². The van der Waals surface area contributed by atoms with Crippen molar-refractivity contribution in [1.29, 1.82) is 0 Å². The topological polar surface area (TPSA) is 95.5 Å². The van der Waals surface area contributed by atoms with Crippen LogP contribution >= 0.6 is 0 Å². The maximum atomic E-state index is 11.5. The molecule has 0 aromatic rings. The molecule has 0 aromatic heterocycles. The monoisotopic (exact) mass is 258 g/mol. The molecule has 104 valence electrons. The predicted octanol–water partition coefficient (Wildman–Crippen LogP) is 0.518. The van der Waals surface area contributed by atoms with Gasteiger partial charge in [-0.25, -0.2) is 4.79 Å². The zero-order valence-electron chi connectivity index (χ0n) is 11.2. The van der Waals surface area contributed by atoms with Crippen LogP contribution in [0.15, 0.2) is 0 Å². The molecule has 0 aliphatic rings. The van der Waals surface area contributed by atoms with Gasteiger partial charge in [0.15, 0.2) is 0 Å². The Kier molecular flexibility index (Phi) is 7.74. The molecular formula is C12H22N2O4. The van der Waals surface area contributed by atoms with Crippen LogP contribution in [-0.2, 0) is 14.4 Å². The van der Waals surface area contributed by atoms with E-state index < -0.39 is 17.9 Å². The van der Waals surface area contributed by atoms with Gasteiger partial charge in [-0.3, -0.25) is 9.59 Å². The number of carboxylic acid groups (broad SMARTS) is 1. The summed E-state index contributed by atoms with van der Waals surface area (Å²) in [5.41, 5.74) is 0. The number of hydrogen-bond acceptors (Lipinski definition) is 3. The van der Waals surface area contributed by atoms with Crippen molar-refractivity contribution in [2.75, 3.05) is 6.54 Å². The molecule has 3 N–H and O–H groups in total. The SMILES string of the molecule is CCNC(=O)CCC(=O)NC(C(=O)O)C(C)CC. The van der Waals surface area contributed by atoms with Crippen LogP contribution in [0.1, 0.15) is 40.0 Å². The molecule has 0 radical (unpaired) electrons. The number of nitrogens with one attached hydrogen (secondary N) is 2. The van der Waals surface area contributed by atoms with Gasteiger partial charge in [0.25, 0.3) is 0 Å². The highest BCUT2D eigenvalue weighted by Crippen LogP contribution is 2.08. The maximum absolute atomic E-state index is 11.5. The standard InChI is InChI=1S/C12H22N2O4/c1-4-8(3)11(12(17)18)14-10(16)7-6-9(15)13-5-2/h8,11H,4-7H2,1-3H3,(H,13,15)(H,14,16)(H,17,18). The van der Waals surface area contributed by atoms with E-state index in [4.69, 9.17) is 5.11 Å². The number of amides is 2. The lowest BCUT2D eigenvalue weighted by Crippen LogP contribution is -2.45. The summed E-state index contributed by atoms with van der Waals surface area (Å²) in [5.74, 6) is -1.80. The number of hydrogen-bond donors (Lipinski definition) is 3. The van der Waals surface area contributed by atoms with E-state index in [1.807, 2.05) is 6.92 Å². The summed E-state index contributed by atoms with van der Waals surface area (Å²) in [6.07, 6.45) is 0.742. The number of carbonyl (C=O) groups excluding carboxylic acids is 2. The molecule has 0 spiro atoms. The summed E-state index contributed by atoms with van der Waals surface area (Å²) in [6.45, 7) is 5.94. The van der Waals surface area contributed by atoms with Crippen molar-refractivity contribution in [3.8, 4) is 0 Å². The van der Waals surface area contributed by atoms with Crippen molar-refractivity contribution < 1.29 is 19.5 Å². The highest BCUT2D eigenvalue weighted by atomic mass is 16.4. The minimum Gasteiger partial charge on any atom is -0.480 e. The van der Waals surface area contributed by atoms with Crippen molar-refractivity contribution in [3.63, 3.8) is 0 Å². The fourth-order valence-electron chi connectivity index (χ4n) is 1.44. The third-order valence-corrected chi connectivity index (χ3v) is 2.75. The van der Waals surface area contributed by atoms with Crippen molar-refractivity contribution in [1.82, 2.24) is 10.6 Å². The van der Waals surface area contributed by atoms with Gasteiger partial charge >= 0.3 is 5.97 Å². The van der Waals surface area contributed by atoms with E-state index in [1.54, 1.807) is 13.8 Å². The van der Waals surface area contributed by atoms with Gasteiger partial charge in [0, 0.05) is 19.4 Å². The van der Waals surface area contributed by atoms with Gasteiger partial charge in [-0.1, -0.05) is 20.3 Å². The van der Waals surface area contributed by atoms with E-state index in [-0.39, 0.29) is 24.7 Å². The zero-order chi connectivity index (χ0) is 14.1. The average Bonchev–Trinajstić information content (AvgIpc) is 2.32. The lowest BCUT2D eigenvalue weighted by atomic mass is 9.99. The molecule has 0 aliphatic carbocycles. The first-order valence-electron chi connectivity index (χ1n) is 6.21. The van der Waals surface area contributed by atoms with Gasteiger partial charge < -0.3 is 15.7 Å². The van der Waals surface area contributed by atoms with Crippen LogP contribution in [0.3, 0.4) is 0 Å². The van der Waals surface area contributed by atoms with E-state index in [0.29, 0.717) is 13.0 Å². The van der Waals surface area contributed by atoms with Gasteiger partial charge in [0.1, 0.15) is 6.04 Å². The summed E-state index contributed by atoms with van der Waals surface area (Å²) >= 11 is 0. The van der Waals surface area contributed by atoms with Crippen LogP contribution in [0, 0.1) is 5.92 Å². The Morgan fingerprint density at radius 2 is 1.67 bits per heavy atom. The Morgan fingerprint density at radius 3 is 2.11 bits per heavy atom. The minimum absolute atomic E-state index is 0.00600. The van der Waals surface area contributed by atoms with Crippen LogP contribution < -0.4 is 10.6 Å². The van der Waals surface area contributed by atoms with Gasteiger partial charge in [-0.2, -0.15) is 0 Å². The highest BCUT2D eigenvalue weighted by Gasteiger charge is 2.25. The Morgan fingerprint density at radius 1 is 1.11 bits per heavy atom. The molecular weight excluding hydrogens is 236 g/mol. The van der Waals surface area contributed by atoms with E-state index in [1.165, 1.54) is 0 Å². The molecule has 0 heterocycles. The van der Waals surface area contributed by atoms with Crippen LogP contribution in [0.25, 0.3) is 0 Å². The first-order valence-corrected chi connectivity index (χ1v) is 6.21. The summed E-state index contributed by atoms with van der Waals surface area (Å²) in [5, 5.41) is 14.0. The van der Waals surface area contributed by atoms with E-state index >= 15 is 0 Å². The lowest BCUT2D eigenvalue weighted by molar-refractivity contribution is -0.143. The largest absolute Gasteiger partial charge is 0.480 e. The normalized spacial score (nSPS) is 13.5. The average molecular weight is 258 g/mol. The number of rotatable bonds is 8. The Bertz CT molecular complexity index is 304. The third kappa shape index (κ3) is 6.22. The molecule has 0 aliphatic heterocycles. The Labute approximate surface area is 107 Å².